The fourth-order valence-corrected chi connectivity index (χ4v) is 4.18. The molecule has 1 aromatic heterocycles. The number of anilines is 1. The molecule has 1 heterocycles. The summed E-state index contributed by atoms with van der Waals surface area (Å²) < 4.78 is 5.70. The summed E-state index contributed by atoms with van der Waals surface area (Å²) in [4.78, 5) is 23.9. The molecule has 3 N–H and O–H groups in total. The Hall–Kier alpha value is -2.76. The summed E-state index contributed by atoms with van der Waals surface area (Å²) in [5, 5.41) is 22.5. The van der Waals surface area contributed by atoms with Gasteiger partial charge in [-0.25, -0.2) is 9.59 Å². The van der Waals surface area contributed by atoms with Gasteiger partial charge in [-0.05, 0) is 49.3 Å². The third kappa shape index (κ3) is 5.00. The van der Waals surface area contributed by atoms with Crippen LogP contribution in [0.4, 0.5) is 10.5 Å². The number of benzene rings is 1. The van der Waals surface area contributed by atoms with Crippen LogP contribution in [0.1, 0.15) is 74.3 Å². The molecule has 1 atom stereocenters. The number of rotatable bonds is 5. The lowest BCUT2D eigenvalue weighted by atomic mass is 9.83. The summed E-state index contributed by atoms with van der Waals surface area (Å²) in [7, 11) is 0. The van der Waals surface area contributed by atoms with Gasteiger partial charge >= 0.3 is 11.7 Å². The molecule has 6 heteroatoms. The average molecular weight is 399 g/mol. The van der Waals surface area contributed by atoms with Crippen LogP contribution < -0.4 is 10.9 Å². The van der Waals surface area contributed by atoms with Gasteiger partial charge in [-0.1, -0.05) is 38.8 Å². The van der Waals surface area contributed by atoms with Crippen molar-refractivity contribution >= 4 is 11.8 Å². The van der Waals surface area contributed by atoms with Gasteiger partial charge in [-0.2, -0.15) is 0 Å². The molecule has 0 saturated heterocycles. The molecule has 29 heavy (non-hydrogen) atoms. The van der Waals surface area contributed by atoms with E-state index in [-0.39, 0.29) is 23.1 Å². The van der Waals surface area contributed by atoms with Crippen LogP contribution in [0.15, 0.2) is 33.5 Å². The number of nitrogens with one attached hydrogen (secondary N) is 1. The number of hydrogen-bond donors (Lipinski definition) is 3. The van der Waals surface area contributed by atoms with Crippen molar-refractivity contribution in [2.24, 2.45) is 5.92 Å². The predicted molar refractivity (Wildman–Crippen MR) is 112 cm³/mol. The Kier molecular flexibility index (Phi) is 6.62. The van der Waals surface area contributed by atoms with Gasteiger partial charge in [0.15, 0.2) is 0 Å². The van der Waals surface area contributed by atoms with Crippen molar-refractivity contribution in [3.63, 3.8) is 0 Å². The number of hydrogen-bond acceptors (Lipinski definition) is 4. The fraction of sp³-hybridized carbons (Fsp3) is 0.478. The average Bonchev–Trinajstić information content (AvgIpc) is 2.62. The van der Waals surface area contributed by atoms with Gasteiger partial charge in [-0.15, -0.1) is 0 Å². The van der Waals surface area contributed by atoms with Crippen molar-refractivity contribution in [1.29, 1.82) is 0 Å². The van der Waals surface area contributed by atoms with Crippen LogP contribution in [0.3, 0.4) is 0 Å². The first-order valence-corrected chi connectivity index (χ1v) is 10.3. The second kappa shape index (κ2) is 9.16. The van der Waals surface area contributed by atoms with Gasteiger partial charge in [0.2, 0.25) is 0 Å². The molecule has 156 valence electrons. The van der Waals surface area contributed by atoms with Crippen LogP contribution in [-0.4, -0.2) is 16.3 Å². The van der Waals surface area contributed by atoms with E-state index >= 15 is 0 Å². The summed E-state index contributed by atoms with van der Waals surface area (Å²) in [5.41, 5.74) is 1.75. The Morgan fingerprint density at radius 3 is 2.59 bits per heavy atom. The molecule has 1 aromatic carbocycles. The summed E-state index contributed by atoms with van der Waals surface area (Å²) in [6.45, 7) is 4.11. The Bertz CT molecular complexity index is 931. The van der Waals surface area contributed by atoms with Gasteiger partial charge in [0.1, 0.15) is 11.5 Å². The maximum absolute atomic E-state index is 12.9. The molecular weight excluding hydrogens is 370 g/mol. The Morgan fingerprint density at radius 1 is 1.17 bits per heavy atom. The lowest BCUT2D eigenvalue weighted by Gasteiger charge is -2.23. The van der Waals surface area contributed by atoms with E-state index in [1.54, 1.807) is 18.2 Å². The number of fused-ring (bicyclic) bond motifs is 1. The zero-order valence-corrected chi connectivity index (χ0v) is 17.0. The molecule has 0 spiro atoms. The van der Waals surface area contributed by atoms with Crippen LogP contribution in [-0.2, 0) is 12.8 Å². The van der Waals surface area contributed by atoms with E-state index in [4.69, 9.17) is 9.52 Å². The minimum absolute atomic E-state index is 0.0559. The monoisotopic (exact) mass is 399 g/mol. The molecule has 0 radical (unpaired) electrons. The molecule has 1 unspecified atom stereocenters. The van der Waals surface area contributed by atoms with Crippen LogP contribution in [0.25, 0.3) is 0 Å². The molecule has 1 amide bonds. The second-order valence-electron chi connectivity index (χ2n) is 8.21. The predicted octanol–water partition coefficient (Wildman–Crippen LogP) is 5.27. The SMILES string of the molecule is CC(C)CC(c1cccc(NC(=O)O)c1)c1c(O)c2c(oc1=O)CCCCCC2. The third-order valence-electron chi connectivity index (χ3n) is 5.49. The second-order valence-corrected chi connectivity index (χ2v) is 8.21. The van der Waals surface area contributed by atoms with Crippen molar-refractivity contribution in [2.45, 2.75) is 64.7 Å². The summed E-state index contributed by atoms with van der Waals surface area (Å²) >= 11 is 0. The topological polar surface area (TPSA) is 99.8 Å². The zero-order valence-electron chi connectivity index (χ0n) is 17.0. The van der Waals surface area contributed by atoms with E-state index in [9.17, 15) is 14.7 Å². The van der Waals surface area contributed by atoms with Crippen molar-refractivity contribution < 1.29 is 19.4 Å². The van der Waals surface area contributed by atoms with E-state index in [1.165, 1.54) is 0 Å². The molecule has 0 saturated carbocycles. The van der Waals surface area contributed by atoms with Crippen LogP contribution in [0, 0.1) is 5.92 Å². The maximum atomic E-state index is 12.9. The van der Waals surface area contributed by atoms with Crippen molar-refractivity contribution in [3.8, 4) is 5.75 Å². The number of carboxylic acid groups (broad SMARTS) is 1. The Balaban J connectivity index is 2.11. The molecule has 3 rings (SSSR count). The molecule has 0 fully saturated rings. The standard InChI is InChI=1S/C23H29NO5/c1-14(2)12-18(15-8-7-9-16(13-15)24-23(27)28)20-21(25)17-10-5-3-4-6-11-19(17)29-22(20)26/h7-9,13-14,18,24-25H,3-6,10-12H2,1-2H3,(H,27,28). The summed E-state index contributed by atoms with van der Waals surface area (Å²) in [6.07, 6.45) is 4.97. The van der Waals surface area contributed by atoms with E-state index in [2.05, 4.69) is 19.2 Å². The highest BCUT2D eigenvalue weighted by Gasteiger charge is 2.28. The molecule has 2 aromatic rings. The van der Waals surface area contributed by atoms with E-state index in [0.29, 0.717) is 30.7 Å². The largest absolute Gasteiger partial charge is 0.507 e. The minimum atomic E-state index is -1.15. The molecule has 1 aliphatic rings. The first kappa shape index (κ1) is 21.0. The van der Waals surface area contributed by atoms with Crippen molar-refractivity contribution in [2.75, 3.05) is 5.32 Å². The fourth-order valence-electron chi connectivity index (χ4n) is 4.18. The van der Waals surface area contributed by atoms with Gasteiger partial charge in [0.25, 0.3) is 0 Å². The molecule has 0 bridgehead atoms. The first-order chi connectivity index (χ1) is 13.9. The molecular formula is C23H29NO5. The van der Waals surface area contributed by atoms with Gasteiger partial charge < -0.3 is 14.6 Å². The van der Waals surface area contributed by atoms with E-state index < -0.39 is 11.7 Å². The van der Waals surface area contributed by atoms with Gasteiger partial charge in [-0.3, -0.25) is 5.32 Å². The number of carbonyl (C=O) groups is 1. The number of aryl methyl sites for hydroxylation is 1. The highest BCUT2D eigenvalue weighted by molar-refractivity contribution is 5.82. The normalized spacial score (nSPS) is 15.3. The van der Waals surface area contributed by atoms with Crippen LogP contribution in [0.5, 0.6) is 5.75 Å². The van der Waals surface area contributed by atoms with Crippen molar-refractivity contribution in [3.05, 3.63) is 57.1 Å². The Labute approximate surface area is 170 Å². The van der Waals surface area contributed by atoms with Crippen molar-refractivity contribution in [1.82, 2.24) is 0 Å². The highest BCUT2D eigenvalue weighted by Crippen LogP contribution is 2.38. The smallest absolute Gasteiger partial charge is 0.409 e. The summed E-state index contributed by atoms with van der Waals surface area (Å²) in [6, 6.07) is 6.99. The molecule has 6 nitrogen and oxygen atoms in total. The number of amides is 1. The zero-order chi connectivity index (χ0) is 21.0. The molecule has 0 aliphatic heterocycles. The van der Waals surface area contributed by atoms with Crippen LogP contribution in [0.2, 0.25) is 0 Å². The Morgan fingerprint density at radius 2 is 1.90 bits per heavy atom. The van der Waals surface area contributed by atoms with Gasteiger partial charge in [0.05, 0.1) is 5.56 Å². The molecule has 1 aliphatic carbocycles. The van der Waals surface area contributed by atoms with Gasteiger partial charge in [0, 0.05) is 23.6 Å². The lowest BCUT2D eigenvalue weighted by Crippen LogP contribution is -2.19. The number of aromatic hydroxyl groups is 1. The summed E-state index contributed by atoms with van der Waals surface area (Å²) in [5.74, 6) is 0.551. The third-order valence-corrected chi connectivity index (χ3v) is 5.49. The van der Waals surface area contributed by atoms with Crippen LogP contribution >= 0.6 is 0 Å². The lowest BCUT2D eigenvalue weighted by molar-refractivity contribution is 0.209. The highest BCUT2D eigenvalue weighted by atomic mass is 16.4. The van der Waals surface area contributed by atoms with E-state index in [1.807, 2.05) is 6.07 Å². The quantitative estimate of drug-likeness (QED) is 0.636. The maximum Gasteiger partial charge on any atom is 0.409 e. The van der Waals surface area contributed by atoms with E-state index in [0.717, 1.165) is 36.8 Å². The minimum Gasteiger partial charge on any atom is -0.507 e. The first-order valence-electron chi connectivity index (χ1n) is 10.3.